The Hall–Kier alpha value is -1.000. The van der Waals surface area contributed by atoms with Gasteiger partial charge < -0.3 is 5.11 Å². The van der Waals surface area contributed by atoms with Crippen LogP contribution in [-0.4, -0.2) is 29.0 Å². The molecule has 0 bridgehead atoms. The first-order valence-electron chi connectivity index (χ1n) is 3.72. The summed E-state index contributed by atoms with van der Waals surface area (Å²) < 4.78 is 30.3. The average Bonchev–Trinajstić information content (AvgIpc) is 2.15. The van der Waals surface area contributed by atoms with Gasteiger partial charge in [-0.1, -0.05) is 0 Å². The Bertz CT molecular complexity index is 568. The summed E-state index contributed by atoms with van der Waals surface area (Å²) >= 11 is 0. The van der Waals surface area contributed by atoms with E-state index in [1.807, 2.05) is 0 Å². The predicted molar refractivity (Wildman–Crippen MR) is 49.9 cm³/mol. The van der Waals surface area contributed by atoms with Crippen LogP contribution in [0, 0.1) is 10.1 Å². The zero-order valence-electron chi connectivity index (χ0n) is 8.52. The molecule has 0 atom stereocenters. The van der Waals surface area contributed by atoms with E-state index in [0.29, 0.717) is 6.07 Å². The number of nitro groups is 1. The number of nitrogens with zero attached hydrogens (tertiary/aromatic N) is 1. The van der Waals surface area contributed by atoms with Gasteiger partial charge in [0.25, 0.3) is 15.8 Å². The minimum atomic E-state index is -4.82. The zero-order valence-corrected chi connectivity index (χ0v) is 11.3. The first kappa shape index (κ1) is 16.0. The smallest absolute Gasteiger partial charge is 0.478 e. The number of hydrogen-bond donors (Lipinski definition) is 2. The maximum Gasteiger partial charge on any atom is 1.00 e. The number of carboxylic acids is 1. The molecule has 0 saturated carbocycles. The molecule has 0 fully saturated rings. The Morgan fingerprint density at radius 2 is 1.88 bits per heavy atom. The molecule has 0 heterocycles. The molecule has 0 spiro atoms. The summed E-state index contributed by atoms with van der Waals surface area (Å²) in [6.07, 6.45) is 0. The minimum absolute atomic E-state index is 0. The fraction of sp³-hybridized carbons (Fsp3) is 0. The van der Waals surface area contributed by atoms with Gasteiger partial charge in [-0.05, 0) is 6.07 Å². The molecule has 1 rings (SSSR count). The van der Waals surface area contributed by atoms with Gasteiger partial charge in [-0.2, -0.15) is 8.42 Å². The van der Waals surface area contributed by atoms with Crippen molar-refractivity contribution in [1.82, 2.24) is 0 Å². The quantitative estimate of drug-likeness (QED) is 0.269. The van der Waals surface area contributed by atoms with Gasteiger partial charge in [-0.25, -0.2) is 4.79 Å². The molecular weight excluding hydrogens is 265 g/mol. The molecule has 1 aromatic rings. The molecule has 2 N–H and O–H groups in total. The van der Waals surface area contributed by atoms with E-state index in [2.05, 4.69) is 0 Å². The number of aromatic carboxylic acids is 1. The summed E-state index contributed by atoms with van der Waals surface area (Å²) in [5, 5.41) is 19.0. The second-order valence-electron chi connectivity index (χ2n) is 2.72. The number of hydrogen-bond acceptors (Lipinski definition) is 5. The maximum absolute atomic E-state index is 10.8. The standard InChI is InChI=1S/C7H5NO7S.Na/c9-7(10)5-2-1-4(8(11)12)3-6(5)16(13,14)15;/h1-3H,(H,9,10)(H,13,14,15);/q;+1. The van der Waals surface area contributed by atoms with Crippen molar-refractivity contribution in [1.29, 1.82) is 0 Å². The number of carboxylic acid groups (broad SMARTS) is 1. The Kier molecular flexibility index (Phi) is 5.23. The van der Waals surface area contributed by atoms with Crippen molar-refractivity contribution in [2.24, 2.45) is 0 Å². The Labute approximate surface area is 117 Å². The molecule has 0 aliphatic heterocycles. The first-order valence-corrected chi connectivity index (χ1v) is 5.16. The van der Waals surface area contributed by atoms with Gasteiger partial charge in [0.2, 0.25) is 0 Å². The summed E-state index contributed by atoms with van der Waals surface area (Å²) in [6.45, 7) is 0. The minimum Gasteiger partial charge on any atom is -0.478 e. The van der Waals surface area contributed by atoms with Crippen molar-refractivity contribution >= 4 is 21.8 Å². The molecule has 0 radical (unpaired) electrons. The summed E-state index contributed by atoms with van der Waals surface area (Å²) in [7, 11) is -4.82. The number of nitro benzene ring substituents is 1. The Balaban J connectivity index is 0.00000256. The monoisotopic (exact) mass is 270 g/mol. The van der Waals surface area contributed by atoms with Gasteiger partial charge in [0.1, 0.15) is 4.90 Å². The van der Waals surface area contributed by atoms with E-state index < -0.39 is 37.2 Å². The molecule has 10 heteroatoms. The largest absolute Gasteiger partial charge is 1.00 e. The first-order chi connectivity index (χ1) is 7.23. The van der Waals surface area contributed by atoms with Gasteiger partial charge in [0, 0.05) is 12.1 Å². The van der Waals surface area contributed by atoms with Crippen LogP contribution < -0.4 is 29.6 Å². The Morgan fingerprint density at radius 1 is 1.35 bits per heavy atom. The summed E-state index contributed by atoms with van der Waals surface area (Å²) in [4.78, 5) is 19.0. The van der Waals surface area contributed by atoms with E-state index in [1.54, 1.807) is 0 Å². The van der Waals surface area contributed by atoms with Crippen molar-refractivity contribution in [3.63, 3.8) is 0 Å². The molecule has 0 unspecified atom stereocenters. The normalized spacial score (nSPS) is 10.4. The van der Waals surface area contributed by atoms with Crippen LogP contribution in [0.25, 0.3) is 0 Å². The second kappa shape index (κ2) is 5.56. The molecule has 0 aliphatic carbocycles. The van der Waals surface area contributed by atoms with Crippen LogP contribution >= 0.6 is 0 Å². The zero-order chi connectivity index (χ0) is 12.5. The molecule has 86 valence electrons. The van der Waals surface area contributed by atoms with Crippen LogP contribution in [0.5, 0.6) is 0 Å². The van der Waals surface area contributed by atoms with Gasteiger partial charge in [-0.15, -0.1) is 0 Å². The van der Waals surface area contributed by atoms with Gasteiger partial charge in [-0.3, -0.25) is 14.7 Å². The number of rotatable bonds is 3. The van der Waals surface area contributed by atoms with Gasteiger partial charge >= 0.3 is 35.5 Å². The van der Waals surface area contributed by atoms with Gasteiger partial charge in [0.15, 0.2) is 0 Å². The topological polar surface area (TPSA) is 135 Å². The van der Waals surface area contributed by atoms with E-state index in [4.69, 9.17) is 9.66 Å². The summed E-state index contributed by atoms with van der Waals surface area (Å²) in [6, 6.07) is 2.06. The van der Waals surface area contributed by atoms with Gasteiger partial charge in [0.05, 0.1) is 10.5 Å². The van der Waals surface area contributed by atoms with Crippen LogP contribution in [0.2, 0.25) is 0 Å². The van der Waals surface area contributed by atoms with Crippen molar-refractivity contribution in [3.05, 3.63) is 33.9 Å². The third-order valence-electron chi connectivity index (χ3n) is 1.68. The molecular formula is C7H5NNaO7S+. The van der Waals surface area contributed by atoms with Crippen LogP contribution in [0.3, 0.4) is 0 Å². The Morgan fingerprint density at radius 3 is 2.24 bits per heavy atom. The van der Waals surface area contributed by atoms with Crippen LogP contribution in [-0.2, 0) is 10.1 Å². The maximum atomic E-state index is 10.8. The number of benzene rings is 1. The third-order valence-corrected chi connectivity index (χ3v) is 2.58. The molecule has 0 aliphatic rings. The molecule has 0 saturated heterocycles. The summed E-state index contributed by atoms with van der Waals surface area (Å²) in [5.74, 6) is -1.61. The van der Waals surface area contributed by atoms with Crippen LogP contribution in [0.1, 0.15) is 10.4 Å². The summed E-state index contributed by atoms with van der Waals surface area (Å²) in [5.41, 5.74) is -1.36. The molecule has 0 aromatic heterocycles. The van der Waals surface area contributed by atoms with Crippen molar-refractivity contribution in [2.75, 3.05) is 0 Å². The van der Waals surface area contributed by atoms with Crippen LogP contribution in [0.15, 0.2) is 23.1 Å². The van der Waals surface area contributed by atoms with E-state index in [0.717, 1.165) is 12.1 Å². The molecule has 1 aromatic carbocycles. The van der Waals surface area contributed by atoms with E-state index in [9.17, 15) is 23.3 Å². The third kappa shape index (κ3) is 3.75. The predicted octanol–water partition coefficient (Wildman–Crippen LogP) is -2.46. The van der Waals surface area contributed by atoms with Crippen LogP contribution in [0.4, 0.5) is 5.69 Å². The number of carbonyl (C=O) groups is 1. The number of non-ortho nitro benzene ring substituents is 1. The molecule has 17 heavy (non-hydrogen) atoms. The second-order valence-corrected chi connectivity index (χ2v) is 4.11. The van der Waals surface area contributed by atoms with E-state index >= 15 is 0 Å². The van der Waals surface area contributed by atoms with Crippen molar-refractivity contribution in [3.8, 4) is 0 Å². The average molecular weight is 270 g/mol. The van der Waals surface area contributed by atoms with E-state index in [-0.39, 0.29) is 29.6 Å². The fourth-order valence-electron chi connectivity index (χ4n) is 1.01. The van der Waals surface area contributed by atoms with Crippen molar-refractivity contribution < 1.29 is 57.4 Å². The molecule has 0 amide bonds. The molecule has 8 nitrogen and oxygen atoms in total. The van der Waals surface area contributed by atoms with Crippen molar-refractivity contribution in [2.45, 2.75) is 4.90 Å². The van der Waals surface area contributed by atoms with E-state index in [1.165, 1.54) is 0 Å². The fourth-order valence-corrected chi connectivity index (χ4v) is 1.72. The SMILES string of the molecule is O=C(O)c1ccc([N+](=O)[O-])cc1S(=O)(=O)O.[Na+].